The molecule has 4 aromatic rings. The molecule has 0 aliphatic carbocycles. The maximum absolute atomic E-state index is 13.3. The summed E-state index contributed by atoms with van der Waals surface area (Å²) >= 11 is 0. The van der Waals surface area contributed by atoms with Gasteiger partial charge in [0, 0.05) is 11.6 Å². The highest BCUT2D eigenvalue weighted by atomic mass is 32.2. The number of hydrogen-bond donors (Lipinski definition) is 0. The highest BCUT2D eigenvalue weighted by Gasteiger charge is 2.31. The van der Waals surface area contributed by atoms with Gasteiger partial charge in [-0.05, 0) is 60.2 Å². The zero-order valence-corrected chi connectivity index (χ0v) is 15.5. The summed E-state index contributed by atoms with van der Waals surface area (Å²) in [5.41, 5.74) is 0.903. The lowest BCUT2D eigenvalue weighted by molar-refractivity contribution is -0.274. The molecule has 0 spiro atoms. The summed E-state index contributed by atoms with van der Waals surface area (Å²) < 4.78 is 68.8. The van der Waals surface area contributed by atoms with Gasteiger partial charge in [-0.2, -0.15) is 0 Å². The van der Waals surface area contributed by atoms with Crippen molar-refractivity contribution < 1.29 is 26.3 Å². The van der Waals surface area contributed by atoms with Crippen LogP contribution < -0.4 is 4.74 Å². The zero-order valence-electron chi connectivity index (χ0n) is 14.7. The van der Waals surface area contributed by atoms with Crippen molar-refractivity contribution in [1.82, 2.24) is 8.96 Å². The van der Waals surface area contributed by atoms with E-state index in [1.807, 2.05) is 0 Å². The Morgan fingerprint density at radius 2 is 1.59 bits per heavy atom. The minimum Gasteiger partial charge on any atom is -0.406 e. The van der Waals surface area contributed by atoms with Crippen LogP contribution in [-0.4, -0.2) is 23.7 Å². The van der Waals surface area contributed by atoms with E-state index in [2.05, 4.69) is 9.72 Å². The van der Waals surface area contributed by atoms with Gasteiger partial charge in [-0.3, -0.25) is 0 Å². The lowest BCUT2D eigenvalue weighted by Crippen LogP contribution is -2.17. The third kappa shape index (κ3) is 3.68. The third-order valence-corrected chi connectivity index (χ3v) is 5.90. The number of nitrogens with zero attached hydrogens (tertiary/aromatic N) is 2. The topological polar surface area (TPSA) is 61.2 Å². The summed E-state index contributed by atoms with van der Waals surface area (Å²) in [7, 11) is -4.00. The van der Waals surface area contributed by atoms with Crippen LogP contribution in [0.2, 0.25) is 0 Å². The van der Waals surface area contributed by atoms with Crippen LogP contribution in [-0.2, 0) is 10.0 Å². The Hall–Kier alpha value is -3.33. The maximum atomic E-state index is 13.3. The second-order valence-corrected chi connectivity index (χ2v) is 7.89. The molecular formula is C20H13F3N2O3S. The SMILES string of the molecule is O=S(=O)(c1ccccc1)n1c(-c2ccc(OC(F)(F)F)cc2)cc2cccnc21. The Bertz CT molecular complexity index is 1270. The van der Waals surface area contributed by atoms with Crippen LogP contribution in [0.25, 0.3) is 22.3 Å². The van der Waals surface area contributed by atoms with E-state index in [0.29, 0.717) is 10.9 Å². The number of rotatable bonds is 4. The van der Waals surface area contributed by atoms with Crippen molar-refractivity contribution in [3.8, 4) is 17.0 Å². The van der Waals surface area contributed by atoms with Gasteiger partial charge in [0.05, 0.1) is 10.6 Å². The van der Waals surface area contributed by atoms with Gasteiger partial charge in [0.25, 0.3) is 10.0 Å². The Balaban J connectivity index is 1.89. The number of ether oxygens (including phenoxy) is 1. The zero-order chi connectivity index (χ0) is 20.6. The maximum Gasteiger partial charge on any atom is 0.573 e. The van der Waals surface area contributed by atoms with Crippen LogP contribution in [0.15, 0.2) is 83.9 Å². The molecule has 0 fully saturated rings. The number of hydrogen-bond acceptors (Lipinski definition) is 4. The first-order valence-corrected chi connectivity index (χ1v) is 9.83. The fourth-order valence-electron chi connectivity index (χ4n) is 2.98. The average Bonchev–Trinajstić information content (AvgIpc) is 3.08. The van der Waals surface area contributed by atoms with Crippen LogP contribution in [0, 0.1) is 0 Å². The highest BCUT2D eigenvalue weighted by Crippen LogP contribution is 2.33. The van der Waals surface area contributed by atoms with E-state index >= 15 is 0 Å². The van der Waals surface area contributed by atoms with E-state index in [9.17, 15) is 21.6 Å². The molecular weight excluding hydrogens is 405 g/mol. The molecule has 0 N–H and O–H groups in total. The molecule has 0 bridgehead atoms. The molecule has 148 valence electrons. The van der Waals surface area contributed by atoms with Crippen molar-refractivity contribution in [1.29, 1.82) is 0 Å². The van der Waals surface area contributed by atoms with Gasteiger partial charge >= 0.3 is 6.36 Å². The summed E-state index contributed by atoms with van der Waals surface area (Å²) in [5, 5.41) is 0.581. The first-order chi connectivity index (χ1) is 13.8. The van der Waals surface area contributed by atoms with E-state index in [1.54, 1.807) is 36.4 Å². The average molecular weight is 418 g/mol. The Morgan fingerprint density at radius 1 is 0.897 bits per heavy atom. The second-order valence-electron chi connectivity index (χ2n) is 6.10. The first kappa shape index (κ1) is 19.0. The van der Waals surface area contributed by atoms with Crippen LogP contribution in [0.5, 0.6) is 5.75 Å². The largest absolute Gasteiger partial charge is 0.573 e. The van der Waals surface area contributed by atoms with Gasteiger partial charge in [-0.25, -0.2) is 17.4 Å². The van der Waals surface area contributed by atoms with E-state index < -0.39 is 22.1 Å². The molecule has 2 heterocycles. The standard InChI is InChI=1S/C20H13F3N2O3S/c21-20(22,23)28-16-10-8-14(9-11-16)18-13-15-5-4-12-24-19(15)25(18)29(26,27)17-6-2-1-3-7-17/h1-13H. The molecule has 0 amide bonds. The molecule has 0 saturated carbocycles. The molecule has 2 aromatic carbocycles. The number of alkyl halides is 3. The highest BCUT2D eigenvalue weighted by molar-refractivity contribution is 7.90. The molecule has 0 radical (unpaired) electrons. The van der Waals surface area contributed by atoms with Gasteiger partial charge in [-0.1, -0.05) is 18.2 Å². The van der Waals surface area contributed by atoms with Crippen molar-refractivity contribution in [3.63, 3.8) is 0 Å². The summed E-state index contributed by atoms with van der Waals surface area (Å²) in [6, 6.07) is 17.9. The fraction of sp³-hybridized carbons (Fsp3) is 0.0500. The fourth-order valence-corrected chi connectivity index (χ4v) is 4.49. The predicted octanol–water partition coefficient (Wildman–Crippen LogP) is 4.84. The molecule has 9 heteroatoms. The minimum absolute atomic E-state index is 0.0708. The van der Waals surface area contributed by atoms with Crippen molar-refractivity contribution in [2.75, 3.05) is 0 Å². The molecule has 29 heavy (non-hydrogen) atoms. The van der Waals surface area contributed by atoms with Crippen molar-refractivity contribution in [2.45, 2.75) is 11.3 Å². The molecule has 0 aliphatic rings. The summed E-state index contributed by atoms with van der Waals surface area (Å²) in [4.78, 5) is 4.27. The number of pyridine rings is 1. The Morgan fingerprint density at radius 3 is 2.24 bits per heavy atom. The van der Waals surface area contributed by atoms with Gasteiger partial charge < -0.3 is 4.74 Å². The van der Waals surface area contributed by atoms with Crippen molar-refractivity contribution in [2.24, 2.45) is 0 Å². The Kier molecular flexibility index (Phi) is 4.54. The van der Waals surface area contributed by atoms with Crippen LogP contribution in [0.4, 0.5) is 13.2 Å². The molecule has 2 aromatic heterocycles. The molecule has 0 atom stereocenters. The molecule has 0 aliphatic heterocycles. The third-order valence-electron chi connectivity index (χ3n) is 4.19. The van der Waals surface area contributed by atoms with Crippen LogP contribution in [0.3, 0.4) is 0 Å². The lowest BCUT2D eigenvalue weighted by atomic mass is 10.1. The van der Waals surface area contributed by atoms with Gasteiger partial charge in [0.15, 0.2) is 5.65 Å². The second kappa shape index (κ2) is 6.93. The van der Waals surface area contributed by atoms with Gasteiger partial charge in [-0.15, -0.1) is 13.2 Å². The Labute approximate surface area is 164 Å². The normalized spacial score (nSPS) is 12.2. The molecule has 0 saturated heterocycles. The lowest BCUT2D eigenvalue weighted by Gasteiger charge is -2.12. The van der Waals surface area contributed by atoms with Crippen molar-refractivity contribution >= 4 is 21.1 Å². The summed E-state index contributed by atoms with van der Waals surface area (Å²) in [6.07, 6.45) is -3.33. The van der Waals surface area contributed by atoms with Crippen LogP contribution >= 0.6 is 0 Å². The monoisotopic (exact) mass is 418 g/mol. The summed E-state index contributed by atoms with van der Waals surface area (Å²) in [6.45, 7) is 0. The van der Waals surface area contributed by atoms with E-state index in [1.165, 1.54) is 30.5 Å². The molecule has 0 unspecified atom stereocenters. The van der Waals surface area contributed by atoms with E-state index in [-0.39, 0.29) is 16.2 Å². The van der Waals surface area contributed by atoms with Crippen molar-refractivity contribution in [3.05, 3.63) is 79.0 Å². The smallest absolute Gasteiger partial charge is 0.406 e. The van der Waals surface area contributed by atoms with Gasteiger partial charge in [0.2, 0.25) is 0 Å². The van der Waals surface area contributed by atoms with E-state index in [4.69, 9.17) is 0 Å². The molecule has 5 nitrogen and oxygen atoms in total. The quantitative estimate of drug-likeness (QED) is 0.476. The number of fused-ring (bicyclic) bond motifs is 1. The van der Waals surface area contributed by atoms with E-state index in [0.717, 1.165) is 16.1 Å². The molecule has 4 rings (SSSR count). The predicted molar refractivity (Wildman–Crippen MR) is 101 cm³/mol. The van der Waals surface area contributed by atoms with Gasteiger partial charge in [0.1, 0.15) is 5.75 Å². The minimum atomic E-state index is -4.81. The number of benzene rings is 2. The summed E-state index contributed by atoms with van der Waals surface area (Å²) in [5.74, 6) is -0.395. The first-order valence-electron chi connectivity index (χ1n) is 8.39. The number of halogens is 3. The van der Waals surface area contributed by atoms with Crippen LogP contribution in [0.1, 0.15) is 0 Å². The number of aromatic nitrogens is 2.